The Balaban J connectivity index is 1.77. The second-order valence-electron chi connectivity index (χ2n) is 7.18. The molecule has 0 saturated heterocycles. The first-order valence-electron chi connectivity index (χ1n) is 9.26. The maximum absolute atomic E-state index is 12.5. The maximum atomic E-state index is 12.5. The number of nitrogens with one attached hydrogen (secondary N) is 2. The number of benzene rings is 2. The van der Waals surface area contributed by atoms with E-state index in [1.54, 1.807) is 18.2 Å². The van der Waals surface area contributed by atoms with Gasteiger partial charge in [0.05, 0.1) is 19.8 Å². The van der Waals surface area contributed by atoms with E-state index in [1.165, 1.54) is 13.2 Å². The molecule has 2 aromatic carbocycles. The molecule has 0 radical (unpaired) electrons. The van der Waals surface area contributed by atoms with Crippen LogP contribution >= 0.6 is 11.6 Å². The first-order chi connectivity index (χ1) is 13.8. The molecule has 0 aliphatic rings. The van der Waals surface area contributed by atoms with Gasteiger partial charge in [0.1, 0.15) is 17.9 Å². The zero-order valence-corrected chi connectivity index (χ0v) is 17.6. The molecule has 3 rings (SSSR count). The lowest BCUT2D eigenvalue weighted by Crippen LogP contribution is -3.08. The number of fused-ring (bicyclic) bond motifs is 1. The van der Waals surface area contributed by atoms with Gasteiger partial charge in [0.25, 0.3) is 5.91 Å². The number of quaternary nitrogens is 1. The average Bonchev–Trinajstić information content (AvgIpc) is 2.65. The molecule has 7 heteroatoms. The molecule has 0 bridgehead atoms. The summed E-state index contributed by atoms with van der Waals surface area (Å²) in [6.07, 6.45) is 0. The van der Waals surface area contributed by atoms with Crippen LogP contribution < -0.4 is 20.6 Å². The number of hydrogen-bond acceptors (Lipinski definition) is 4. The van der Waals surface area contributed by atoms with E-state index >= 15 is 0 Å². The van der Waals surface area contributed by atoms with Crippen molar-refractivity contribution < 1.29 is 18.8 Å². The van der Waals surface area contributed by atoms with Gasteiger partial charge in [-0.1, -0.05) is 23.7 Å². The molecule has 152 valence electrons. The number of anilines is 1. The third-order valence-electron chi connectivity index (χ3n) is 4.91. The summed E-state index contributed by atoms with van der Waals surface area (Å²) < 4.78 is 10.7. The smallest absolute Gasteiger partial charge is 0.336 e. The number of hydrogen-bond donors (Lipinski definition) is 2. The van der Waals surface area contributed by atoms with Gasteiger partial charge in [-0.2, -0.15) is 0 Å². The Morgan fingerprint density at radius 1 is 1.21 bits per heavy atom. The second-order valence-corrected chi connectivity index (χ2v) is 7.61. The third-order valence-corrected chi connectivity index (χ3v) is 5.14. The highest BCUT2D eigenvalue weighted by Crippen LogP contribution is 2.27. The van der Waals surface area contributed by atoms with E-state index in [0.29, 0.717) is 28.6 Å². The first-order valence-corrected chi connectivity index (χ1v) is 9.64. The Kier molecular flexibility index (Phi) is 6.25. The quantitative estimate of drug-likeness (QED) is 0.607. The summed E-state index contributed by atoms with van der Waals surface area (Å²) >= 11 is 6.01. The standard InChI is InChI=1S/C22H23ClN2O4/c1-13-5-7-17-15(9-21(27)29-22(17)14(13)2)11-25(3)12-20(26)24-18-10-16(23)6-8-19(18)28-4/h5-10H,11-12H2,1-4H3,(H,24,26)/p+1. The van der Waals surface area contributed by atoms with Gasteiger partial charge in [0.15, 0.2) is 6.54 Å². The highest BCUT2D eigenvalue weighted by Gasteiger charge is 2.16. The lowest BCUT2D eigenvalue weighted by atomic mass is 10.0. The van der Waals surface area contributed by atoms with Gasteiger partial charge in [0.2, 0.25) is 0 Å². The van der Waals surface area contributed by atoms with Gasteiger partial charge in [0, 0.05) is 22.0 Å². The molecule has 29 heavy (non-hydrogen) atoms. The summed E-state index contributed by atoms with van der Waals surface area (Å²) in [5.74, 6) is 0.361. The fourth-order valence-corrected chi connectivity index (χ4v) is 3.48. The van der Waals surface area contributed by atoms with Gasteiger partial charge in [-0.25, -0.2) is 4.79 Å². The number of likely N-dealkylation sites (N-methyl/N-ethyl adjacent to an activating group) is 1. The molecule has 1 unspecified atom stereocenters. The van der Waals surface area contributed by atoms with Crippen LogP contribution in [0.3, 0.4) is 0 Å². The molecule has 0 aliphatic carbocycles. The minimum Gasteiger partial charge on any atom is -0.495 e. The third kappa shape index (κ3) is 4.78. The topological polar surface area (TPSA) is 73.0 Å². The fourth-order valence-electron chi connectivity index (χ4n) is 3.30. The molecule has 1 heterocycles. The lowest BCUT2D eigenvalue weighted by molar-refractivity contribution is -0.885. The van der Waals surface area contributed by atoms with Crippen molar-refractivity contribution in [3.63, 3.8) is 0 Å². The van der Waals surface area contributed by atoms with Crippen molar-refractivity contribution in [3.8, 4) is 5.75 Å². The van der Waals surface area contributed by atoms with Crippen LogP contribution in [0.1, 0.15) is 16.7 Å². The number of aryl methyl sites for hydroxylation is 2. The molecule has 1 atom stereocenters. The van der Waals surface area contributed by atoms with Crippen LogP contribution in [0.15, 0.2) is 45.6 Å². The van der Waals surface area contributed by atoms with E-state index in [1.807, 2.05) is 33.0 Å². The Morgan fingerprint density at radius 2 is 1.97 bits per heavy atom. The monoisotopic (exact) mass is 415 g/mol. The molecular weight excluding hydrogens is 392 g/mol. The average molecular weight is 416 g/mol. The first kappa shape index (κ1) is 20.9. The summed E-state index contributed by atoms with van der Waals surface area (Å²) in [5.41, 5.74) is 3.61. The van der Waals surface area contributed by atoms with Crippen LogP contribution in [0, 0.1) is 13.8 Å². The Hall–Kier alpha value is -2.83. The number of amides is 1. The van der Waals surface area contributed by atoms with E-state index in [9.17, 15) is 9.59 Å². The van der Waals surface area contributed by atoms with Crippen LogP contribution in [-0.4, -0.2) is 26.6 Å². The SMILES string of the molecule is COc1ccc(Cl)cc1NC(=O)C[NH+](C)Cc1cc(=O)oc2c(C)c(C)ccc12. The number of carbonyl (C=O) groups is 1. The number of carbonyl (C=O) groups excluding carboxylic acids is 1. The Morgan fingerprint density at radius 3 is 2.69 bits per heavy atom. The van der Waals surface area contributed by atoms with Crippen molar-refractivity contribution in [2.45, 2.75) is 20.4 Å². The van der Waals surface area contributed by atoms with E-state index < -0.39 is 0 Å². The van der Waals surface area contributed by atoms with Gasteiger partial charge in [-0.15, -0.1) is 0 Å². The van der Waals surface area contributed by atoms with E-state index in [4.69, 9.17) is 20.8 Å². The largest absolute Gasteiger partial charge is 0.495 e. The van der Waals surface area contributed by atoms with Crippen molar-refractivity contribution in [2.24, 2.45) is 0 Å². The lowest BCUT2D eigenvalue weighted by Gasteiger charge is -2.16. The maximum Gasteiger partial charge on any atom is 0.336 e. The van der Waals surface area contributed by atoms with Crippen molar-refractivity contribution in [1.82, 2.24) is 0 Å². The zero-order valence-electron chi connectivity index (χ0n) is 16.9. The normalized spacial score (nSPS) is 12.0. The Bertz CT molecular complexity index is 1120. The number of rotatable bonds is 6. The van der Waals surface area contributed by atoms with E-state index in [0.717, 1.165) is 27.0 Å². The van der Waals surface area contributed by atoms with Crippen molar-refractivity contribution in [1.29, 1.82) is 0 Å². The van der Waals surface area contributed by atoms with Crippen LogP contribution in [0.25, 0.3) is 11.0 Å². The molecule has 0 saturated carbocycles. The minimum atomic E-state index is -0.387. The van der Waals surface area contributed by atoms with Crippen LogP contribution in [-0.2, 0) is 11.3 Å². The van der Waals surface area contributed by atoms with Gasteiger partial charge < -0.3 is 19.4 Å². The van der Waals surface area contributed by atoms with Gasteiger partial charge in [-0.05, 0) is 43.2 Å². The highest BCUT2D eigenvalue weighted by atomic mass is 35.5. The summed E-state index contributed by atoms with van der Waals surface area (Å²) in [6.45, 7) is 4.63. The molecule has 0 fully saturated rings. The summed E-state index contributed by atoms with van der Waals surface area (Å²) in [7, 11) is 3.43. The Labute approximate surface area is 174 Å². The summed E-state index contributed by atoms with van der Waals surface area (Å²) in [4.78, 5) is 25.5. The molecule has 1 aromatic heterocycles. The second kappa shape index (κ2) is 8.68. The molecule has 0 spiro atoms. The zero-order chi connectivity index (χ0) is 21.1. The van der Waals surface area contributed by atoms with E-state index in [2.05, 4.69) is 5.32 Å². The number of halogens is 1. The molecular formula is C22H24ClN2O4+. The molecule has 2 N–H and O–H groups in total. The van der Waals surface area contributed by atoms with Crippen LogP contribution in [0.4, 0.5) is 5.69 Å². The van der Waals surface area contributed by atoms with Crippen molar-refractivity contribution in [3.05, 3.63) is 68.5 Å². The van der Waals surface area contributed by atoms with Gasteiger partial charge >= 0.3 is 5.63 Å². The van der Waals surface area contributed by atoms with Crippen LogP contribution in [0.2, 0.25) is 5.02 Å². The predicted molar refractivity (Wildman–Crippen MR) is 114 cm³/mol. The van der Waals surface area contributed by atoms with Gasteiger partial charge in [-0.3, -0.25) is 4.79 Å². The van der Waals surface area contributed by atoms with Crippen molar-refractivity contribution >= 4 is 34.2 Å². The fraction of sp³-hybridized carbons (Fsp3) is 0.273. The summed E-state index contributed by atoms with van der Waals surface area (Å²) in [5, 5.41) is 4.24. The molecule has 6 nitrogen and oxygen atoms in total. The summed E-state index contributed by atoms with van der Waals surface area (Å²) in [6, 6.07) is 10.5. The van der Waals surface area contributed by atoms with Crippen molar-refractivity contribution in [2.75, 3.05) is 26.0 Å². The minimum absolute atomic E-state index is 0.178. The number of ether oxygens (including phenoxy) is 1. The van der Waals surface area contributed by atoms with E-state index in [-0.39, 0.29) is 18.1 Å². The number of methoxy groups -OCH3 is 1. The predicted octanol–water partition coefficient (Wildman–Crippen LogP) is 2.73. The molecule has 3 aromatic rings. The van der Waals surface area contributed by atoms with Crippen LogP contribution in [0.5, 0.6) is 5.75 Å². The highest BCUT2D eigenvalue weighted by molar-refractivity contribution is 6.31. The molecule has 0 aliphatic heterocycles. The molecule has 1 amide bonds.